The van der Waals surface area contributed by atoms with Crippen molar-refractivity contribution in [3.8, 4) is 0 Å². The topological polar surface area (TPSA) is 65.0 Å². The van der Waals surface area contributed by atoms with E-state index in [1.54, 1.807) is 0 Å². The van der Waals surface area contributed by atoms with Crippen LogP contribution >= 0.6 is 0 Å². The Bertz CT molecular complexity index is 527. The molecule has 0 bridgehead atoms. The van der Waals surface area contributed by atoms with Crippen molar-refractivity contribution in [1.29, 1.82) is 0 Å². The van der Waals surface area contributed by atoms with E-state index in [4.69, 9.17) is 14.2 Å². The van der Waals surface area contributed by atoms with Crippen LogP contribution in [0.1, 0.15) is 44.8 Å². The van der Waals surface area contributed by atoms with E-state index < -0.39 is 17.9 Å². The quantitative estimate of drug-likeness (QED) is 0.930. The van der Waals surface area contributed by atoms with Crippen molar-refractivity contribution in [2.75, 3.05) is 0 Å². The highest BCUT2D eigenvalue weighted by atomic mass is 16.8. The van der Waals surface area contributed by atoms with Crippen LogP contribution in [0.5, 0.6) is 0 Å². The maximum Gasteiger partial charge on any atom is 0.332 e. The summed E-state index contributed by atoms with van der Waals surface area (Å²) in [5, 5.41) is 9.19. The highest BCUT2D eigenvalue weighted by Gasteiger charge is 2.47. The molecule has 0 radical (unpaired) electrons. The van der Waals surface area contributed by atoms with Gasteiger partial charge >= 0.3 is 5.97 Å². The highest BCUT2D eigenvalue weighted by molar-refractivity contribution is 5.72. The maximum absolute atomic E-state index is 11.2. The summed E-state index contributed by atoms with van der Waals surface area (Å²) >= 11 is 0. The van der Waals surface area contributed by atoms with Crippen molar-refractivity contribution in [1.82, 2.24) is 0 Å². The van der Waals surface area contributed by atoms with Crippen LogP contribution < -0.4 is 0 Å². The van der Waals surface area contributed by atoms with E-state index in [0.717, 1.165) is 18.4 Å². The smallest absolute Gasteiger partial charge is 0.332 e. The molecule has 1 aromatic carbocycles. The summed E-state index contributed by atoms with van der Waals surface area (Å²) in [6.45, 7) is 3.75. The summed E-state index contributed by atoms with van der Waals surface area (Å²) in [6.07, 6.45) is 0.622. The number of ether oxygens (including phenoxy) is 3. The molecular weight excluding hydrogens is 284 g/mol. The predicted molar refractivity (Wildman–Crippen MR) is 79.4 cm³/mol. The van der Waals surface area contributed by atoms with Crippen LogP contribution in [-0.4, -0.2) is 35.2 Å². The summed E-state index contributed by atoms with van der Waals surface area (Å²) in [5.41, 5.74) is 1.03. The zero-order valence-corrected chi connectivity index (χ0v) is 12.9. The lowest BCUT2D eigenvalue weighted by Gasteiger charge is -2.33. The van der Waals surface area contributed by atoms with E-state index in [1.807, 2.05) is 44.2 Å². The summed E-state index contributed by atoms with van der Waals surface area (Å²) in [6, 6.07) is 9.88. The van der Waals surface area contributed by atoms with Crippen LogP contribution in [0, 0.1) is 0 Å². The molecular formula is C17H22O5. The fourth-order valence-electron chi connectivity index (χ4n) is 3.24. The van der Waals surface area contributed by atoms with Crippen molar-refractivity contribution in [2.24, 2.45) is 0 Å². The summed E-state index contributed by atoms with van der Waals surface area (Å²) in [7, 11) is 0. The molecule has 0 amide bonds. The lowest BCUT2D eigenvalue weighted by atomic mass is 9.94. The first-order valence-electron chi connectivity index (χ1n) is 7.75. The number of hydrogen-bond acceptors (Lipinski definition) is 4. The number of hydrogen-bond donors (Lipinski definition) is 1. The van der Waals surface area contributed by atoms with Gasteiger partial charge in [-0.2, -0.15) is 0 Å². The Hall–Kier alpha value is -1.43. The number of aliphatic carboxylic acids is 1. The second-order valence-corrected chi connectivity index (χ2v) is 6.36. The predicted octanol–water partition coefficient (Wildman–Crippen LogP) is 2.90. The first-order valence-corrected chi connectivity index (χ1v) is 7.75. The van der Waals surface area contributed by atoms with Gasteiger partial charge in [-0.1, -0.05) is 30.3 Å². The van der Waals surface area contributed by atoms with Crippen LogP contribution in [0.15, 0.2) is 30.3 Å². The molecule has 0 aliphatic carbocycles. The lowest BCUT2D eigenvalue weighted by Crippen LogP contribution is -2.42. The van der Waals surface area contributed by atoms with Crippen molar-refractivity contribution < 1.29 is 24.1 Å². The molecule has 0 unspecified atom stereocenters. The summed E-state index contributed by atoms with van der Waals surface area (Å²) in [5.74, 6) is -1.61. The molecule has 1 N–H and O–H groups in total. The largest absolute Gasteiger partial charge is 0.479 e. The average molecular weight is 306 g/mol. The molecule has 2 aliphatic rings. The van der Waals surface area contributed by atoms with Crippen LogP contribution in [0.2, 0.25) is 0 Å². The van der Waals surface area contributed by atoms with Gasteiger partial charge in [-0.15, -0.1) is 0 Å². The lowest BCUT2D eigenvalue weighted by molar-refractivity contribution is -0.181. The van der Waals surface area contributed by atoms with Gasteiger partial charge in [0.15, 0.2) is 11.9 Å². The third-order valence-corrected chi connectivity index (χ3v) is 4.19. The molecule has 2 saturated heterocycles. The van der Waals surface area contributed by atoms with Crippen LogP contribution in [-0.2, 0) is 19.0 Å². The number of carboxylic acid groups (broad SMARTS) is 1. The van der Waals surface area contributed by atoms with Crippen molar-refractivity contribution >= 4 is 5.97 Å². The SMILES string of the molecule is CC1(C)O[C@@H]([C@H]2CCC[C@H](C(=O)O)O2)[C@@H](c2ccccc2)O1. The van der Waals surface area contributed by atoms with Crippen LogP contribution in [0.3, 0.4) is 0 Å². The first kappa shape index (κ1) is 15.5. The maximum atomic E-state index is 11.2. The third-order valence-electron chi connectivity index (χ3n) is 4.19. The minimum atomic E-state index is -0.904. The molecule has 2 heterocycles. The Labute approximate surface area is 130 Å². The van der Waals surface area contributed by atoms with Gasteiger partial charge < -0.3 is 19.3 Å². The highest BCUT2D eigenvalue weighted by Crippen LogP contribution is 2.42. The van der Waals surface area contributed by atoms with Gasteiger partial charge in [-0.3, -0.25) is 0 Å². The molecule has 120 valence electrons. The molecule has 5 heteroatoms. The average Bonchev–Trinajstić information content (AvgIpc) is 2.84. The van der Waals surface area contributed by atoms with Gasteiger partial charge in [0, 0.05) is 0 Å². The molecule has 22 heavy (non-hydrogen) atoms. The second kappa shape index (κ2) is 5.99. The zero-order chi connectivity index (χ0) is 15.7. The van der Waals surface area contributed by atoms with E-state index >= 15 is 0 Å². The standard InChI is InChI=1S/C17H22O5/c1-17(2)21-14(11-7-4-3-5-8-11)15(22-17)12-9-6-10-13(20-12)16(18)19/h3-5,7-8,12-15H,6,9-10H2,1-2H3,(H,18,19)/t12-,13-,14-,15+/m1/s1. The monoisotopic (exact) mass is 306 g/mol. The molecule has 4 atom stereocenters. The fourth-order valence-corrected chi connectivity index (χ4v) is 3.24. The van der Waals surface area contributed by atoms with E-state index in [2.05, 4.69) is 0 Å². The molecule has 0 spiro atoms. The minimum absolute atomic E-state index is 0.242. The number of carbonyl (C=O) groups is 1. The van der Waals surface area contributed by atoms with Crippen LogP contribution in [0.25, 0.3) is 0 Å². The van der Waals surface area contributed by atoms with Crippen LogP contribution in [0.4, 0.5) is 0 Å². The van der Waals surface area contributed by atoms with Gasteiger partial charge in [-0.05, 0) is 38.7 Å². The molecule has 0 aromatic heterocycles. The van der Waals surface area contributed by atoms with Gasteiger partial charge in [-0.25, -0.2) is 4.79 Å². The zero-order valence-electron chi connectivity index (χ0n) is 12.9. The number of carboxylic acids is 1. The van der Waals surface area contributed by atoms with Crippen molar-refractivity contribution in [3.63, 3.8) is 0 Å². The molecule has 1 aromatic rings. The Balaban J connectivity index is 1.82. The summed E-state index contributed by atoms with van der Waals surface area (Å²) in [4.78, 5) is 11.2. The Morgan fingerprint density at radius 2 is 1.91 bits per heavy atom. The second-order valence-electron chi connectivity index (χ2n) is 6.36. The van der Waals surface area contributed by atoms with Gasteiger partial charge in [0.25, 0.3) is 0 Å². The Morgan fingerprint density at radius 1 is 1.18 bits per heavy atom. The van der Waals surface area contributed by atoms with Crippen molar-refractivity contribution in [2.45, 2.75) is 63.3 Å². The van der Waals surface area contributed by atoms with Gasteiger partial charge in [0.2, 0.25) is 0 Å². The first-order chi connectivity index (χ1) is 10.5. The van der Waals surface area contributed by atoms with Gasteiger partial charge in [0.05, 0.1) is 6.10 Å². The Kier molecular flexibility index (Phi) is 4.21. The molecule has 2 fully saturated rings. The Morgan fingerprint density at radius 3 is 2.59 bits per heavy atom. The normalized spacial score (nSPS) is 34.5. The molecule has 3 rings (SSSR count). The number of benzene rings is 1. The number of rotatable bonds is 3. The summed E-state index contributed by atoms with van der Waals surface area (Å²) < 4.78 is 17.9. The van der Waals surface area contributed by atoms with Crippen molar-refractivity contribution in [3.05, 3.63) is 35.9 Å². The molecule has 0 saturated carbocycles. The van der Waals surface area contributed by atoms with E-state index in [9.17, 15) is 9.90 Å². The molecule has 5 nitrogen and oxygen atoms in total. The van der Waals surface area contributed by atoms with Gasteiger partial charge in [0.1, 0.15) is 12.2 Å². The van der Waals surface area contributed by atoms with E-state index in [1.165, 1.54) is 0 Å². The molecule has 2 aliphatic heterocycles. The van der Waals surface area contributed by atoms with E-state index in [0.29, 0.717) is 6.42 Å². The van der Waals surface area contributed by atoms with E-state index in [-0.39, 0.29) is 18.3 Å². The third kappa shape index (κ3) is 3.16. The minimum Gasteiger partial charge on any atom is -0.479 e. The fraction of sp³-hybridized carbons (Fsp3) is 0.588.